The molecular weight excluding hydrogens is 172 g/mol. The van der Waals surface area contributed by atoms with Crippen LogP contribution in [0.5, 0.6) is 0 Å². The monoisotopic (exact) mass is 199 g/mol. The average Bonchev–Trinajstić information content (AvgIpc) is 2.06. The normalized spacial score (nSPS) is 12.0. The Morgan fingerprint density at radius 1 is 0.769 bits per heavy atom. The van der Waals surface area contributed by atoms with Crippen molar-refractivity contribution < 1.29 is 0 Å². The molecule has 0 rings (SSSR count). The van der Waals surface area contributed by atoms with Crippen LogP contribution in [0.3, 0.4) is 0 Å². The molecule has 0 aliphatic heterocycles. The largest absolute Gasteiger partial charge is 0.0657 e. The van der Waals surface area contributed by atoms with Gasteiger partial charge >= 0.3 is 0 Å². The zero-order valence-corrected chi connectivity index (χ0v) is 11.0. The first kappa shape index (κ1) is 13.2. The summed E-state index contributed by atoms with van der Waals surface area (Å²) < 4.78 is 0. The summed E-state index contributed by atoms with van der Waals surface area (Å²) in [5, 5.41) is 0. The minimum Gasteiger partial charge on any atom is -0.0657 e. The summed E-state index contributed by atoms with van der Waals surface area (Å²) in [6, 6.07) is 7.30. The van der Waals surface area contributed by atoms with E-state index < -0.39 is 8.07 Å². The van der Waals surface area contributed by atoms with Gasteiger partial charge in [-0.3, -0.25) is 0 Å². The first-order chi connectivity index (χ1) is 6.24. The lowest BCUT2D eigenvalue weighted by Gasteiger charge is -2.30. The number of hydrogen-bond acceptors (Lipinski definition) is 0. The van der Waals surface area contributed by atoms with E-state index in [9.17, 15) is 0 Å². The quantitative estimate of drug-likeness (QED) is 0.492. The fourth-order valence-corrected chi connectivity index (χ4v) is 7.82. The van der Waals surface area contributed by atoms with E-state index in [-0.39, 0.29) is 0 Å². The lowest BCUT2D eigenvalue weighted by molar-refractivity contribution is 0.915. The second-order valence-corrected chi connectivity index (χ2v) is 8.86. The second kappa shape index (κ2) is 7.60. The highest BCUT2D eigenvalue weighted by Crippen LogP contribution is 2.29. The van der Waals surface area contributed by atoms with Gasteiger partial charge in [0.2, 0.25) is 0 Å². The zero-order chi connectivity index (χ0) is 10.2. The lowest BCUT2D eigenvalue weighted by Crippen LogP contribution is -2.34. The van der Waals surface area contributed by atoms with Crippen molar-refractivity contribution in [3.8, 4) is 0 Å². The highest BCUT2D eigenvalue weighted by molar-refractivity contribution is 6.83. The van der Waals surface area contributed by atoms with E-state index in [1.165, 1.54) is 43.8 Å². The third-order valence-electron chi connectivity index (χ3n) is 2.88. The summed E-state index contributed by atoms with van der Waals surface area (Å²) in [4.78, 5) is 0. The molecule has 0 spiro atoms. The predicted molar refractivity (Wildman–Crippen MR) is 65.6 cm³/mol. The fraction of sp³-hybridized carbons (Fsp3) is 0.917. The van der Waals surface area contributed by atoms with Gasteiger partial charge in [0.1, 0.15) is 0 Å². The van der Waals surface area contributed by atoms with Crippen LogP contribution in [-0.2, 0) is 0 Å². The van der Waals surface area contributed by atoms with Gasteiger partial charge in [-0.25, -0.2) is 0 Å². The highest BCUT2D eigenvalue weighted by atomic mass is 28.3. The molecule has 0 aromatic carbocycles. The summed E-state index contributed by atoms with van der Waals surface area (Å²) in [6.07, 6.45) is 5.47. The summed E-state index contributed by atoms with van der Waals surface area (Å²) in [5.41, 5.74) is 0. The lowest BCUT2D eigenvalue weighted by atomic mass is 10.5. The van der Waals surface area contributed by atoms with Gasteiger partial charge < -0.3 is 0 Å². The van der Waals surface area contributed by atoms with E-state index in [0.717, 1.165) is 0 Å². The zero-order valence-electron chi connectivity index (χ0n) is 10.0. The Morgan fingerprint density at radius 2 is 1.15 bits per heavy atom. The molecule has 0 aliphatic rings. The Kier molecular flexibility index (Phi) is 7.73. The maximum atomic E-state index is 2.71. The topological polar surface area (TPSA) is 0 Å². The summed E-state index contributed by atoms with van der Waals surface area (Å²) >= 11 is 0. The first-order valence-electron chi connectivity index (χ1n) is 6.09. The van der Waals surface area contributed by atoms with Crippen molar-refractivity contribution in [1.29, 1.82) is 0 Å². The van der Waals surface area contributed by atoms with E-state index in [1.807, 2.05) is 0 Å². The van der Waals surface area contributed by atoms with E-state index in [1.54, 1.807) is 0 Å². The molecule has 1 heteroatoms. The molecule has 0 aromatic heterocycles. The van der Waals surface area contributed by atoms with Crippen molar-refractivity contribution in [2.24, 2.45) is 0 Å². The standard InChI is InChI=1S/C12H27Si/c1-5-9-13(10-6-2,11-7-3)12-8-4/h9H,5-8,10-12H2,1-4H3. The van der Waals surface area contributed by atoms with Crippen LogP contribution in [0.2, 0.25) is 18.1 Å². The molecule has 1 radical (unpaired) electrons. The van der Waals surface area contributed by atoms with Gasteiger partial charge in [-0.1, -0.05) is 71.5 Å². The molecule has 13 heavy (non-hydrogen) atoms. The van der Waals surface area contributed by atoms with E-state index in [4.69, 9.17) is 0 Å². The van der Waals surface area contributed by atoms with Gasteiger partial charge in [-0.15, -0.1) is 0 Å². The maximum absolute atomic E-state index is 2.71. The smallest absolute Gasteiger partial charge is 0.0566 e. The molecule has 0 aliphatic carbocycles. The highest BCUT2D eigenvalue weighted by Gasteiger charge is 2.28. The van der Waals surface area contributed by atoms with Crippen molar-refractivity contribution in [2.75, 3.05) is 0 Å². The second-order valence-electron chi connectivity index (χ2n) is 4.22. The van der Waals surface area contributed by atoms with Gasteiger partial charge in [0.05, 0.1) is 8.07 Å². The summed E-state index contributed by atoms with van der Waals surface area (Å²) in [5.74, 6) is 0. The van der Waals surface area contributed by atoms with Crippen LogP contribution >= 0.6 is 0 Å². The molecule has 0 N–H and O–H groups in total. The third kappa shape index (κ3) is 4.85. The van der Waals surface area contributed by atoms with Crippen molar-refractivity contribution in [2.45, 2.75) is 71.5 Å². The third-order valence-corrected chi connectivity index (χ3v) is 8.64. The van der Waals surface area contributed by atoms with Crippen molar-refractivity contribution in [3.05, 3.63) is 6.04 Å². The Morgan fingerprint density at radius 3 is 1.38 bits per heavy atom. The Labute approximate surface area is 86.1 Å². The SMILES string of the molecule is CC[CH][Si](CCC)(CCC)CCC. The van der Waals surface area contributed by atoms with Crippen molar-refractivity contribution in [3.63, 3.8) is 0 Å². The van der Waals surface area contributed by atoms with Gasteiger partial charge in [0.15, 0.2) is 0 Å². The van der Waals surface area contributed by atoms with E-state index >= 15 is 0 Å². The molecule has 0 bridgehead atoms. The maximum Gasteiger partial charge on any atom is 0.0566 e. The number of hydrogen-bond donors (Lipinski definition) is 0. The van der Waals surface area contributed by atoms with Crippen LogP contribution < -0.4 is 0 Å². The van der Waals surface area contributed by atoms with Crippen LogP contribution in [0.25, 0.3) is 0 Å². The Hall–Kier alpha value is 0.217. The van der Waals surface area contributed by atoms with Crippen LogP contribution in [0.15, 0.2) is 0 Å². The fourth-order valence-electron chi connectivity index (χ4n) is 2.61. The van der Waals surface area contributed by atoms with Crippen molar-refractivity contribution in [1.82, 2.24) is 0 Å². The minimum atomic E-state index is -0.921. The summed E-state index contributed by atoms with van der Waals surface area (Å²) in [7, 11) is -0.921. The molecule has 0 amide bonds. The average molecular weight is 199 g/mol. The molecule has 0 aromatic rings. The van der Waals surface area contributed by atoms with Gasteiger partial charge in [-0.05, 0) is 6.04 Å². The molecule has 0 unspecified atom stereocenters. The van der Waals surface area contributed by atoms with Gasteiger partial charge in [0, 0.05) is 0 Å². The van der Waals surface area contributed by atoms with Crippen LogP contribution in [0.1, 0.15) is 53.4 Å². The van der Waals surface area contributed by atoms with Crippen LogP contribution in [-0.4, -0.2) is 8.07 Å². The van der Waals surface area contributed by atoms with E-state index in [2.05, 4.69) is 33.7 Å². The van der Waals surface area contributed by atoms with Crippen LogP contribution in [0.4, 0.5) is 0 Å². The molecule has 79 valence electrons. The van der Waals surface area contributed by atoms with Crippen LogP contribution in [0, 0.1) is 6.04 Å². The minimum absolute atomic E-state index is 0.921. The molecule has 0 saturated heterocycles. The molecule has 0 fully saturated rings. The van der Waals surface area contributed by atoms with Gasteiger partial charge in [-0.2, -0.15) is 0 Å². The van der Waals surface area contributed by atoms with E-state index in [0.29, 0.717) is 0 Å². The van der Waals surface area contributed by atoms with Gasteiger partial charge in [0.25, 0.3) is 0 Å². The Bertz CT molecular complexity index is 80.2. The van der Waals surface area contributed by atoms with Crippen molar-refractivity contribution >= 4 is 8.07 Å². The number of rotatable bonds is 8. The molecule has 0 atom stereocenters. The summed E-state index contributed by atoms with van der Waals surface area (Å²) in [6.45, 7) is 9.34. The molecule has 0 saturated carbocycles. The Balaban J connectivity index is 4.19. The first-order valence-corrected chi connectivity index (χ1v) is 8.78. The molecular formula is C12H27Si. The predicted octanol–water partition coefficient (Wildman–Crippen LogP) is 4.82. The molecule has 0 heterocycles. The molecule has 0 nitrogen and oxygen atoms in total.